The summed E-state index contributed by atoms with van der Waals surface area (Å²) < 4.78 is 0. The predicted molar refractivity (Wildman–Crippen MR) is 60.3 cm³/mol. The van der Waals surface area contributed by atoms with Crippen molar-refractivity contribution in [3.8, 4) is 0 Å². The quantitative estimate of drug-likeness (QED) is 0.693. The first-order chi connectivity index (χ1) is 7.22. The van der Waals surface area contributed by atoms with E-state index < -0.39 is 0 Å². The predicted octanol–water partition coefficient (Wildman–Crippen LogP) is 2.27. The molecule has 0 spiro atoms. The van der Waals surface area contributed by atoms with Gasteiger partial charge in [0.2, 0.25) is 0 Å². The molecule has 0 saturated carbocycles. The van der Waals surface area contributed by atoms with Gasteiger partial charge in [-0.1, -0.05) is 0 Å². The lowest BCUT2D eigenvalue weighted by atomic mass is 10.2. The highest BCUT2D eigenvalue weighted by Crippen LogP contribution is 2.28. The summed E-state index contributed by atoms with van der Waals surface area (Å²) in [4.78, 5) is 17.2. The van der Waals surface area contributed by atoms with E-state index in [0.29, 0.717) is 17.6 Å². The molecule has 2 heterocycles. The molecule has 15 heavy (non-hydrogen) atoms. The summed E-state index contributed by atoms with van der Waals surface area (Å²) in [6, 6.07) is 4.86. The summed E-state index contributed by atoms with van der Waals surface area (Å²) in [5, 5.41) is 0. The highest BCUT2D eigenvalue weighted by atomic mass is 16.1. The van der Waals surface area contributed by atoms with Crippen LogP contribution < -0.4 is 4.90 Å². The molecule has 1 aliphatic rings. The number of pyridine rings is 1. The molecule has 0 N–H and O–H groups in total. The number of rotatable bonds is 2. The van der Waals surface area contributed by atoms with Gasteiger partial charge >= 0.3 is 0 Å². The Kier molecular flexibility index (Phi) is 2.71. The Morgan fingerprint density at radius 2 is 2.00 bits per heavy atom. The van der Waals surface area contributed by atoms with Crippen molar-refractivity contribution >= 4 is 12.1 Å². The molecule has 1 aromatic heterocycles. The van der Waals surface area contributed by atoms with Crippen molar-refractivity contribution < 1.29 is 4.79 Å². The lowest BCUT2D eigenvalue weighted by molar-refractivity contribution is 0.112. The molecule has 0 amide bonds. The van der Waals surface area contributed by atoms with Gasteiger partial charge in [0.05, 0.1) is 0 Å². The van der Waals surface area contributed by atoms with Crippen LogP contribution in [-0.2, 0) is 0 Å². The standard InChI is InChI=1S/C12H16N2O/c1-9-3-4-10(2)14(9)12-6-5-11(8-15)7-13-12/h5-10H,3-4H2,1-2H3/t9-,10-/m0/s1. The summed E-state index contributed by atoms with van der Waals surface area (Å²) in [6.45, 7) is 4.44. The first-order valence-electron chi connectivity index (χ1n) is 5.42. The molecular weight excluding hydrogens is 188 g/mol. The van der Waals surface area contributed by atoms with E-state index in [0.717, 1.165) is 12.1 Å². The van der Waals surface area contributed by atoms with Gasteiger partial charge in [0.15, 0.2) is 6.29 Å². The van der Waals surface area contributed by atoms with Crippen LogP contribution in [-0.4, -0.2) is 23.4 Å². The van der Waals surface area contributed by atoms with Crippen molar-refractivity contribution in [1.29, 1.82) is 0 Å². The number of nitrogens with zero attached hydrogens (tertiary/aromatic N) is 2. The van der Waals surface area contributed by atoms with Gasteiger partial charge in [-0.05, 0) is 38.8 Å². The fourth-order valence-electron chi connectivity index (χ4n) is 2.27. The first kappa shape index (κ1) is 10.1. The fourth-order valence-corrected chi connectivity index (χ4v) is 2.27. The summed E-state index contributed by atoms with van der Waals surface area (Å²) in [5.41, 5.74) is 0.637. The Morgan fingerprint density at radius 1 is 1.33 bits per heavy atom. The van der Waals surface area contributed by atoms with Gasteiger partial charge in [0.25, 0.3) is 0 Å². The van der Waals surface area contributed by atoms with Crippen LogP contribution in [0.2, 0.25) is 0 Å². The van der Waals surface area contributed by atoms with E-state index in [9.17, 15) is 4.79 Å². The van der Waals surface area contributed by atoms with Crippen molar-refractivity contribution in [3.63, 3.8) is 0 Å². The molecule has 0 bridgehead atoms. The molecule has 3 heteroatoms. The Hall–Kier alpha value is -1.38. The number of hydrogen-bond donors (Lipinski definition) is 0. The molecular formula is C12H16N2O. The van der Waals surface area contributed by atoms with Crippen LogP contribution in [0, 0.1) is 0 Å². The monoisotopic (exact) mass is 204 g/mol. The molecule has 1 saturated heterocycles. The van der Waals surface area contributed by atoms with Crippen LogP contribution >= 0.6 is 0 Å². The molecule has 0 unspecified atom stereocenters. The second-order valence-corrected chi connectivity index (χ2v) is 4.25. The molecule has 2 atom stereocenters. The van der Waals surface area contributed by atoms with Gasteiger partial charge in [-0.3, -0.25) is 4.79 Å². The highest BCUT2D eigenvalue weighted by Gasteiger charge is 2.27. The van der Waals surface area contributed by atoms with Crippen molar-refractivity contribution in [2.75, 3.05) is 4.90 Å². The molecule has 1 fully saturated rings. The van der Waals surface area contributed by atoms with Gasteiger partial charge in [0, 0.05) is 23.8 Å². The second-order valence-electron chi connectivity index (χ2n) is 4.25. The zero-order chi connectivity index (χ0) is 10.8. The lowest BCUT2D eigenvalue weighted by Gasteiger charge is -2.27. The normalized spacial score (nSPS) is 25.6. The Balaban J connectivity index is 2.24. The van der Waals surface area contributed by atoms with E-state index in [1.54, 1.807) is 6.20 Å². The molecule has 2 rings (SSSR count). The van der Waals surface area contributed by atoms with Crippen molar-refractivity contribution in [2.24, 2.45) is 0 Å². The average molecular weight is 204 g/mol. The van der Waals surface area contributed by atoms with E-state index >= 15 is 0 Å². The molecule has 1 aliphatic heterocycles. The summed E-state index contributed by atoms with van der Waals surface area (Å²) >= 11 is 0. The minimum absolute atomic E-state index is 0.551. The largest absolute Gasteiger partial charge is 0.351 e. The number of carbonyl (C=O) groups is 1. The van der Waals surface area contributed by atoms with Crippen LogP contribution in [0.4, 0.5) is 5.82 Å². The Morgan fingerprint density at radius 3 is 2.47 bits per heavy atom. The van der Waals surface area contributed by atoms with Crippen LogP contribution in [0.1, 0.15) is 37.0 Å². The lowest BCUT2D eigenvalue weighted by Crippen LogP contribution is -2.33. The molecule has 0 radical (unpaired) electrons. The summed E-state index contributed by atoms with van der Waals surface area (Å²) in [5.74, 6) is 0.984. The highest BCUT2D eigenvalue weighted by molar-refractivity contribution is 5.74. The third-order valence-corrected chi connectivity index (χ3v) is 3.12. The zero-order valence-corrected chi connectivity index (χ0v) is 9.18. The van der Waals surface area contributed by atoms with E-state index in [2.05, 4.69) is 23.7 Å². The van der Waals surface area contributed by atoms with Gasteiger partial charge in [0.1, 0.15) is 5.82 Å². The van der Waals surface area contributed by atoms with Crippen molar-refractivity contribution in [1.82, 2.24) is 4.98 Å². The first-order valence-corrected chi connectivity index (χ1v) is 5.42. The molecule has 0 aromatic carbocycles. The third kappa shape index (κ3) is 1.87. The number of aldehydes is 1. The maximum Gasteiger partial charge on any atom is 0.151 e. The Bertz CT molecular complexity index is 337. The Labute approximate surface area is 90.1 Å². The molecule has 1 aromatic rings. The number of anilines is 1. The number of aromatic nitrogens is 1. The van der Waals surface area contributed by atoms with Gasteiger partial charge < -0.3 is 4.90 Å². The van der Waals surface area contributed by atoms with Gasteiger partial charge in [-0.15, -0.1) is 0 Å². The van der Waals surface area contributed by atoms with Crippen LogP contribution in [0.5, 0.6) is 0 Å². The van der Waals surface area contributed by atoms with Crippen molar-refractivity contribution in [3.05, 3.63) is 23.9 Å². The van der Waals surface area contributed by atoms with Gasteiger partial charge in [-0.25, -0.2) is 4.98 Å². The van der Waals surface area contributed by atoms with E-state index in [1.165, 1.54) is 12.8 Å². The zero-order valence-electron chi connectivity index (χ0n) is 9.18. The van der Waals surface area contributed by atoms with E-state index in [1.807, 2.05) is 12.1 Å². The summed E-state index contributed by atoms with van der Waals surface area (Å²) in [7, 11) is 0. The third-order valence-electron chi connectivity index (χ3n) is 3.12. The SMILES string of the molecule is C[C@H]1CC[C@H](C)N1c1ccc(C=O)cn1. The van der Waals surface area contributed by atoms with Crippen LogP contribution in [0.3, 0.4) is 0 Å². The smallest absolute Gasteiger partial charge is 0.151 e. The second kappa shape index (κ2) is 4.01. The molecule has 80 valence electrons. The van der Waals surface area contributed by atoms with Crippen LogP contribution in [0.25, 0.3) is 0 Å². The fraction of sp³-hybridized carbons (Fsp3) is 0.500. The summed E-state index contributed by atoms with van der Waals surface area (Å²) in [6.07, 6.45) is 4.91. The number of carbonyl (C=O) groups excluding carboxylic acids is 1. The minimum Gasteiger partial charge on any atom is -0.351 e. The van der Waals surface area contributed by atoms with E-state index in [-0.39, 0.29) is 0 Å². The molecule has 0 aliphatic carbocycles. The maximum absolute atomic E-state index is 10.5. The maximum atomic E-state index is 10.5. The van der Waals surface area contributed by atoms with Gasteiger partial charge in [-0.2, -0.15) is 0 Å². The minimum atomic E-state index is 0.551. The van der Waals surface area contributed by atoms with Crippen LogP contribution in [0.15, 0.2) is 18.3 Å². The van der Waals surface area contributed by atoms with Crippen molar-refractivity contribution in [2.45, 2.75) is 38.8 Å². The topological polar surface area (TPSA) is 33.2 Å². The van der Waals surface area contributed by atoms with E-state index in [4.69, 9.17) is 0 Å². The number of hydrogen-bond acceptors (Lipinski definition) is 3. The average Bonchev–Trinajstić information content (AvgIpc) is 2.59. The molecule has 3 nitrogen and oxygen atoms in total.